The van der Waals surface area contributed by atoms with Gasteiger partial charge in [-0.2, -0.15) is 0 Å². The van der Waals surface area contributed by atoms with Crippen LogP contribution in [0.2, 0.25) is 0 Å². The fraction of sp³-hybridized carbons (Fsp3) is 0.154. The van der Waals surface area contributed by atoms with Crippen LogP contribution in [0, 0.1) is 35.5 Å². The number of hydrogen-bond donors (Lipinski definition) is 0. The van der Waals surface area contributed by atoms with E-state index in [9.17, 15) is 9.59 Å². The summed E-state index contributed by atoms with van der Waals surface area (Å²) in [5, 5.41) is 0. The minimum atomic E-state index is -0.266. The van der Waals surface area contributed by atoms with Crippen molar-refractivity contribution in [2.24, 2.45) is 0 Å². The van der Waals surface area contributed by atoms with Crippen molar-refractivity contribution in [1.29, 1.82) is 0 Å². The van der Waals surface area contributed by atoms with Crippen LogP contribution in [0.4, 0.5) is 0 Å². The normalized spacial score (nSPS) is 10.0. The molecule has 0 aliphatic heterocycles. The second kappa shape index (κ2) is 21.0. The molecule has 58 heavy (non-hydrogen) atoms. The molecule has 6 rings (SSSR count). The van der Waals surface area contributed by atoms with Crippen molar-refractivity contribution >= 4 is 11.9 Å². The van der Waals surface area contributed by atoms with Crippen molar-refractivity contribution in [1.82, 2.24) is 0 Å². The Kier molecular flexibility index (Phi) is 14.6. The molecule has 0 N–H and O–H groups in total. The zero-order valence-corrected chi connectivity index (χ0v) is 32.5. The minimum Gasteiger partial charge on any atom is -0.489 e. The van der Waals surface area contributed by atoms with Crippen LogP contribution in [0.3, 0.4) is 0 Å². The van der Waals surface area contributed by atoms with Gasteiger partial charge in [0, 0.05) is 60.1 Å². The molecule has 0 saturated heterocycles. The van der Waals surface area contributed by atoms with Gasteiger partial charge in [0.1, 0.15) is 24.7 Å². The lowest BCUT2D eigenvalue weighted by molar-refractivity contribution is -0.141. The molecule has 0 spiro atoms. The number of carbonyl (C=O) groups is 2. The zero-order valence-electron chi connectivity index (χ0n) is 32.5. The van der Waals surface area contributed by atoms with Gasteiger partial charge in [-0.15, -0.1) is 0 Å². The number of benzene rings is 6. The molecule has 6 nitrogen and oxygen atoms in total. The summed E-state index contributed by atoms with van der Waals surface area (Å²) < 4.78 is 22.0. The first-order valence-corrected chi connectivity index (χ1v) is 19.0. The van der Waals surface area contributed by atoms with Crippen LogP contribution in [-0.2, 0) is 45.1 Å². The van der Waals surface area contributed by atoms with Crippen molar-refractivity contribution in [2.75, 3.05) is 13.2 Å². The second-order valence-electron chi connectivity index (χ2n) is 13.3. The number of carbonyl (C=O) groups excluding carboxylic acids is 2. The highest BCUT2D eigenvalue weighted by atomic mass is 16.5. The average Bonchev–Trinajstić information content (AvgIpc) is 3.25. The fourth-order valence-corrected chi connectivity index (χ4v) is 5.54. The van der Waals surface area contributed by atoms with Gasteiger partial charge >= 0.3 is 11.9 Å². The Bertz CT molecular complexity index is 2290. The van der Waals surface area contributed by atoms with Crippen LogP contribution in [0.15, 0.2) is 146 Å². The van der Waals surface area contributed by atoms with Crippen LogP contribution in [0.5, 0.6) is 11.5 Å². The molecule has 6 aromatic carbocycles. The standard InChI is InChI=1S/C52H42O6/c1-39(53)55-35-33-47-13-9-41(10-14-47)5-7-45-25-29-51(30-26-45)57-37-49-21-17-43(18-22-49)3-4-44-19-23-50(24-20-44)38-58-52-31-27-46(28-32-52)8-6-42-11-15-48(16-12-42)34-36-56-40(2)54/h9-32H,33-38H2,1-2H3. The number of rotatable bonds is 12. The predicted molar refractivity (Wildman–Crippen MR) is 226 cm³/mol. The molecule has 6 heteroatoms. The summed E-state index contributed by atoms with van der Waals surface area (Å²) in [6.07, 6.45) is 1.36. The van der Waals surface area contributed by atoms with E-state index in [4.69, 9.17) is 18.9 Å². The van der Waals surface area contributed by atoms with Gasteiger partial charge in [-0.3, -0.25) is 9.59 Å². The van der Waals surface area contributed by atoms with Crippen LogP contribution >= 0.6 is 0 Å². The lowest BCUT2D eigenvalue weighted by atomic mass is 10.1. The largest absolute Gasteiger partial charge is 0.489 e. The van der Waals surface area contributed by atoms with Crippen molar-refractivity contribution < 1.29 is 28.5 Å². The van der Waals surface area contributed by atoms with E-state index in [1.807, 2.05) is 146 Å². The number of ether oxygens (including phenoxy) is 4. The summed E-state index contributed by atoms with van der Waals surface area (Å²) in [5.41, 5.74) is 9.79. The molecule has 0 amide bonds. The number of esters is 2. The highest BCUT2D eigenvalue weighted by Crippen LogP contribution is 2.17. The van der Waals surface area contributed by atoms with Gasteiger partial charge in [0.05, 0.1) is 13.2 Å². The van der Waals surface area contributed by atoms with E-state index in [0.717, 1.165) is 67.1 Å². The molecule has 0 aliphatic rings. The molecular formula is C52H42O6. The van der Waals surface area contributed by atoms with Gasteiger partial charge in [0.2, 0.25) is 0 Å². The van der Waals surface area contributed by atoms with Gasteiger partial charge in [0.15, 0.2) is 0 Å². The SMILES string of the molecule is CC(=O)OCCc1ccc(C#Cc2ccc(OCc3ccc(C#Cc4ccc(COc5ccc(C#Cc6ccc(CCOC(C)=O)cc6)cc5)cc4)cc3)cc2)cc1. The average molecular weight is 763 g/mol. The quantitative estimate of drug-likeness (QED) is 0.0915. The van der Waals surface area contributed by atoms with Gasteiger partial charge in [-0.05, 0) is 119 Å². The van der Waals surface area contributed by atoms with Crippen LogP contribution in [0.25, 0.3) is 0 Å². The monoisotopic (exact) mass is 762 g/mol. The maximum absolute atomic E-state index is 10.9. The highest BCUT2D eigenvalue weighted by molar-refractivity contribution is 5.66. The minimum absolute atomic E-state index is 0.266. The Balaban J connectivity index is 0.908. The molecule has 0 aliphatic carbocycles. The molecule has 0 aromatic heterocycles. The Morgan fingerprint density at radius 3 is 0.862 bits per heavy atom. The molecule has 6 aromatic rings. The molecule has 0 fully saturated rings. The Morgan fingerprint density at radius 2 is 0.603 bits per heavy atom. The van der Waals surface area contributed by atoms with E-state index in [2.05, 4.69) is 35.5 Å². The third-order valence-corrected chi connectivity index (χ3v) is 8.78. The van der Waals surface area contributed by atoms with E-state index >= 15 is 0 Å². The van der Waals surface area contributed by atoms with Gasteiger partial charge in [-0.25, -0.2) is 0 Å². The summed E-state index contributed by atoms with van der Waals surface area (Å²) in [4.78, 5) is 21.9. The first-order chi connectivity index (χ1) is 28.3. The van der Waals surface area contributed by atoms with E-state index in [-0.39, 0.29) is 11.9 Å². The van der Waals surface area contributed by atoms with Crippen molar-refractivity contribution in [2.45, 2.75) is 39.9 Å². The summed E-state index contributed by atoms with van der Waals surface area (Å²) in [7, 11) is 0. The number of hydrogen-bond acceptors (Lipinski definition) is 6. The van der Waals surface area contributed by atoms with Crippen LogP contribution < -0.4 is 9.47 Å². The van der Waals surface area contributed by atoms with Crippen LogP contribution in [-0.4, -0.2) is 25.2 Å². The highest BCUT2D eigenvalue weighted by Gasteiger charge is 2.01. The van der Waals surface area contributed by atoms with E-state index < -0.39 is 0 Å². The predicted octanol–water partition coefficient (Wildman–Crippen LogP) is 9.26. The second-order valence-corrected chi connectivity index (χ2v) is 13.3. The molecule has 0 atom stereocenters. The summed E-state index contributed by atoms with van der Waals surface area (Å²) in [6.45, 7) is 4.48. The Hall–Kier alpha value is -7.46. The van der Waals surface area contributed by atoms with Crippen molar-refractivity contribution in [3.8, 4) is 47.0 Å². The fourth-order valence-electron chi connectivity index (χ4n) is 5.54. The maximum atomic E-state index is 10.9. The molecular weight excluding hydrogens is 721 g/mol. The van der Waals surface area contributed by atoms with Crippen molar-refractivity contribution in [3.63, 3.8) is 0 Å². The van der Waals surface area contributed by atoms with Gasteiger partial charge in [0.25, 0.3) is 0 Å². The van der Waals surface area contributed by atoms with Gasteiger partial charge in [-0.1, -0.05) is 84.1 Å². The Labute approximate surface area is 340 Å². The maximum Gasteiger partial charge on any atom is 0.302 e. The first kappa shape index (κ1) is 40.2. The smallest absolute Gasteiger partial charge is 0.302 e. The van der Waals surface area contributed by atoms with Crippen molar-refractivity contribution in [3.05, 3.63) is 201 Å². The third kappa shape index (κ3) is 13.7. The van der Waals surface area contributed by atoms with Gasteiger partial charge < -0.3 is 18.9 Å². The molecule has 0 radical (unpaired) electrons. The lowest BCUT2D eigenvalue weighted by Gasteiger charge is -2.07. The molecule has 0 heterocycles. The topological polar surface area (TPSA) is 71.1 Å². The molecule has 0 saturated carbocycles. The molecule has 0 bridgehead atoms. The van der Waals surface area contributed by atoms with E-state index in [1.165, 1.54) is 13.8 Å². The first-order valence-electron chi connectivity index (χ1n) is 19.0. The van der Waals surface area contributed by atoms with E-state index in [0.29, 0.717) is 39.3 Å². The van der Waals surface area contributed by atoms with E-state index in [1.54, 1.807) is 0 Å². The summed E-state index contributed by atoms with van der Waals surface area (Å²) >= 11 is 0. The third-order valence-electron chi connectivity index (χ3n) is 8.78. The molecule has 0 unspecified atom stereocenters. The summed E-state index contributed by atoms with van der Waals surface area (Å²) in [5.74, 6) is 20.3. The Morgan fingerprint density at radius 1 is 0.362 bits per heavy atom. The molecule has 286 valence electrons. The zero-order chi connectivity index (χ0) is 40.4. The van der Waals surface area contributed by atoms with Crippen LogP contribution in [0.1, 0.15) is 69.5 Å². The lowest BCUT2D eigenvalue weighted by Crippen LogP contribution is -2.03. The summed E-state index contributed by atoms with van der Waals surface area (Å²) in [6, 6.07) is 47.5.